The van der Waals surface area contributed by atoms with Gasteiger partial charge in [-0.3, -0.25) is 0 Å². The van der Waals surface area contributed by atoms with E-state index in [-0.39, 0.29) is 0 Å². The number of aromatic nitrogens is 3. The summed E-state index contributed by atoms with van der Waals surface area (Å²) < 4.78 is 8.42. The first-order chi connectivity index (χ1) is 8.33. The Balaban J connectivity index is 1.81. The van der Waals surface area contributed by atoms with E-state index >= 15 is 0 Å². The zero-order chi connectivity index (χ0) is 11.7. The number of hydrogen-bond donors (Lipinski definition) is 0. The van der Waals surface area contributed by atoms with E-state index in [0.717, 1.165) is 34.1 Å². The quantitative estimate of drug-likeness (QED) is 0.817. The molecule has 3 heterocycles. The lowest BCUT2D eigenvalue weighted by molar-refractivity contribution is 0.129. The Morgan fingerprint density at radius 1 is 1.59 bits per heavy atom. The van der Waals surface area contributed by atoms with Crippen molar-refractivity contribution in [1.82, 2.24) is 14.4 Å². The van der Waals surface area contributed by atoms with Crippen LogP contribution >= 0.6 is 27.7 Å². The Labute approximate surface area is 112 Å². The molecule has 0 radical (unpaired) electrons. The number of imidazole rings is 1. The fraction of sp³-hybridized carbons (Fsp3) is 0.455. The molecule has 1 unspecified atom stereocenters. The maximum Gasteiger partial charge on any atom is 0.169 e. The molecule has 90 valence electrons. The maximum absolute atomic E-state index is 5.61. The summed E-state index contributed by atoms with van der Waals surface area (Å²) in [6, 6.07) is 0. The molecule has 2 aromatic heterocycles. The fourth-order valence-corrected chi connectivity index (χ4v) is 3.49. The monoisotopic (exact) mass is 313 g/mol. The topological polar surface area (TPSA) is 39.4 Å². The summed E-state index contributed by atoms with van der Waals surface area (Å²) in [6.45, 7) is 0.899. The molecule has 0 spiro atoms. The van der Waals surface area contributed by atoms with Crippen LogP contribution < -0.4 is 0 Å². The molecule has 1 aliphatic heterocycles. The summed E-state index contributed by atoms with van der Waals surface area (Å²) in [4.78, 5) is 8.80. The van der Waals surface area contributed by atoms with Gasteiger partial charge in [-0.15, -0.1) is 0 Å². The largest absolute Gasteiger partial charge is 0.377 e. The third-order valence-electron chi connectivity index (χ3n) is 2.74. The zero-order valence-corrected chi connectivity index (χ0v) is 11.6. The van der Waals surface area contributed by atoms with E-state index in [1.54, 1.807) is 18.0 Å². The normalized spacial score (nSPS) is 20.2. The van der Waals surface area contributed by atoms with Crippen molar-refractivity contribution in [2.24, 2.45) is 0 Å². The highest BCUT2D eigenvalue weighted by atomic mass is 79.9. The van der Waals surface area contributed by atoms with Crippen molar-refractivity contribution in [1.29, 1.82) is 0 Å². The molecule has 1 atom stereocenters. The lowest BCUT2D eigenvalue weighted by Gasteiger charge is -2.08. The predicted molar refractivity (Wildman–Crippen MR) is 70.4 cm³/mol. The van der Waals surface area contributed by atoms with E-state index in [1.165, 1.54) is 6.42 Å². The summed E-state index contributed by atoms with van der Waals surface area (Å²) in [6.07, 6.45) is 8.34. The molecular weight excluding hydrogens is 302 g/mol. The molecule has 1 fully saturated rings. The first-order valence-electron chi connectivity index (χ1n) is 5.56. The van der Waals surface area contributed by atoms with Gasteiger partial charge in [-0.25, -0.2) is 9.97 Å². The third kappa shape index (κ3) is 2.48. The van der Waals surface area contributed by atoms with Crippen molar-refractivity contribution in [2.75, 3.05) is 12.4 Å². The van der Waals surface area contributed by atoms with Crippen LogP contribution in [-0.4, -0.2) is 32.8 Å². The molecule has 0 amide bonds. The van der Waals surface area contributed by atoms with Gasteiger partial charge in [-0.05, 0) is 28.8 Å². The van der Waals surface area contributed by atoms with Crippen molar-refractivity contribution < 1.29 is 4.74 Å². The summed E-state index contributed by atoms with van der Waals surface area (Å²) in [7, 11) is 0. The Morgan fingerprint density at radius 2 is 2.53 bits per heavy atom. The summed E-state index contributed by atoms with van der Waals surface area (Å²) in [5, 5.41) is 0.958. The van der Waals surface area contributed by atoms with Gasteiger partial charge in [0.05, 0.1) is 6.10 Å². The van der Waals surface area contributed by atoms with E-state index < -0.39 is 0 Å². The minimum Gasteiger partial charge on any atom is -0.377 e. The number of halogens is 1. The van der Waals surface area contributed by atoms with Crippen LogP contribution in [0.2, 0.25) is 0 Å². The third-order valence-corrected chi connectivity index (χ3v) is 4.21. The molecule has 0 saturated carbocycles. The van der Waals surface area contributed by atoms with Crippen LogP contribution in [0.25, 0.3) is 5.65 Å². The number of hydrogen-bond acceptors (Lipinski definition) is 4. The van der Waals surface area contributed by atoms with Gasteiger partial charge in [0, 0.05) is 31.0 Å². The van der Waals surface area contributed by atoms with Crippen molar-refractivity contribution in [2.45, 2.75) is 24.0 Å². The Bertz CT molecular complexity index is 524. The second-order valence-electron chi connectivity index (χ2n) is 3.97. The van der Waals surface area contributed by atoms with Crippen LogP contribution in [0, 0.1) is 0 Å². The Morgan fingerprint density at radius 3 is 3.35 bits per heavy atom. The van der Waals surface area contributed by atoms with E-state index in [0.29, 0.717) is 6.10 Å². The molecule has 0 N–H and O–H groups in total. The van der Waals surface area contributed by atoms with Crippen molar-refractivity contribution in [3.05, 3.63) is 23.2 Å². The van der Waals surface area contributed by atoms with Crippen LogP contribution in [0.5, 0.6) is 0 Å². The minimum absolute atomic E-state index is 0.371. The van der Waals surface area contributed by atoms with Gasteiger partial charge in [0.25, 0.3) is 0 Å². The number of nitrogens with zero attached hydrogens (tertiary/aromatic N) is 3. The first kappa shape index (κ1) is 11.5. The summed E-state index contributed by atoms with van der Waals surface area (Å²) in [5.41, 5.74) is 0.913. The lowest BCUT2D eigenvalue weighted by Crippen LogP contribution is -2.08. The molecule has 17 heavy (non-hydrogen) atoms. The highest BCUT2D eigenvalue weighted by Crippen LogP contribution is 2.26. The van der Waals surface area contributed by atoms with Crippen molar-refractivity contribution in [3.63, 3.8) is 0 Å². The smallest absolute Gasteiger partial charge is 0.169 e. The van der Waals surface area contributed by atoms with Crippen molar-refractivity contribution >= 4 is 33.3 Å². The highest BCUT2D eigenvalue weighted by Gasteiger charge is 2.17. The number of ether oxygens (including phenoxy) is 1. The second-order valence-corrected chi connectivity index (χ2v) is 5.79. The van der Waals surface area contributed by atoms with Crippen LogP contribution in [0.3, 0.4) is 0 Å². The molecule has 4 nitrogen and oxygen atoms in total. The van der Waals surface area contributed by atoms with Crippen LogP contribution in [-0.2, 0) is 4.74 Å². The molecule has 0 aliphatic carbocycles. The maximum atomic E-state index is 5.61. The molecular formula is C11H12BrN3OS. The van der Waals surface area contributed by atoms with Gasteiger partial charge in [0.1, 0.15) is 9.63 Å². The van der Waals surface area contributed by atoms with E-state index in [1.807, 2.05) is 16.8 Å². The second kappa shape index (κ2) is 4.96. The fourth-order valence-electron chi connectivity index (χ4n) is 1.92. The lowest BCUT2D eigenvalue weighted by atomic mass is 10.3. The van der Waals surface area contributed by atoms with Crippen LogP contribution in [0.4, 0.5) is 0 Å². The zero-order valence-electron chi connectivity index (χ0n) is 9.17. The molecule has 2 aromatic rings. The van der Waals surface area contributed by atoms with Gasteiger partial charge in [-0.1, -0.05) is 11.8 Å². The average molecular weight is 314 g/mol. The molecule has 1 aliphatic rings. The predicted octanol–water partition coefficient (Wildman–Crippen LogP) is 2.76. The van der Waals surface area contributed by atoms with E-state index in [4.69, 9.17) is 4.74 Å². The van der Waals surface area contributed by atoms with E-state index in [9.17, 15) is 0 Å². The van der Waals surface area contributed by atoms with Gasteiger partial charge < -0.3 is 9.14 Å². The minimum atomic E-state index is 0.371. The van der Waals surface area contributed by atoms with Gasteiger partial charge >= 0.3 is 0 Å². The Hall–Kier alpha value is -0.590. The molecule has 0 bridgehead atoms. The first-order valence-corrected chi connectivity index (χ1v) is 7.34. The van der Waals surface area contributed by atoms with Crippen LogP contribution in [0.15, 0.2) is 28.2 Å². The number of fused-ring (bicyclic) bond motifs is 1. The van der Waals surface area contributed by atoms with Gasteiger partial charge in [-0.2, -0.15) is 0 Å². The standard InChI is InChI=1S/C11H12BrN3OS/c12-9-6-15-4-3-13-10(15)11(14-9)17-7-8-2-1-5-16-8/h3-4,6,8H,1-2,5,7H2. The molecule has 3 rings (SSSR count). The SMILES string of the molecule is Brc1cn2ccnc2c(SCC2CCCO2)n1. The summed E-state index contributed by atoms with van der Waals surface area (Å²) in [5.74, 6) is 0.950. The molecule has 1 saturated heterocycles. The number of thioether (sulfide) groups is 1. The van der Waals surface area contributed by atoms with Gasteiger partial charge in [0.2, 0.25) is 0 Å². The highest BCUT2D eigenvalue weighted by molar-refractivity contribution is 9.10. The summed E-state index contributed by atoms with van der Waals surface area (Å²) >= 11 is 5.13. The van der Waals surface area contributed by atoms with Crippen molar-refractivity contribution in [3.8, 4) is 0 Å². The van der Waals surface area contributed by atoms with Crippen LogP contribution in [0.1, 0.15) is 12.8 Å². The number of rotatable bonds is 3. The molecule has 6 heteroatoms. The Kier molecular flexibility index (Phi) is 3.35. The van der Waals surface area contributed by atoms with E-state index in [2.05, 4.69) is 25.9 Å². The molecule has 0 aromatic carbocycles. The van der Waals surface area contributed by atoms with Gasteiger partial charge in [0.15, 0.2) is 5.65 Å². The average Bonchev–Trinajstić information content (AvgIpc) is 2.95.